The van der Waals surface area contributed by atoms with E-state index in [1.165, 1.54) is 36.1 Å². The van der Waals surface area contributed by atoms with Crippen molar-refractivity contribution < 1.29 is 4.79 Å². The molecule has 1 aliphatic heterocycles. The Morgan fingerprint density at radius 3 is 2.10 bits per heavy atom. The highest BCUT2D eigenvalue weighted by atomic mass is 16.2. The van der Waals surface area contributed by atoms with Gasteiger partial charge in [0, 0.05) is 55.9 Å². The van der Waals surface area contributed by atoms with Crippen molar-refractivity contribution in [1.82, 2.24) is 9.80 Å². The summed E-state index contributed by atoms with van der Waals surface area (Å²) in [5.74, 6) is 0.575. The molecule has 0 radical (unpaired) electrons. The van der Waals surface area contributed by atoms with E-state index in [2.05, 4.69) is 101 Å². The zero-order chi connectivity index (χ0) is 27.7. The van der Waals surface area contributed by atoms with Crippen molar-refractivity contribution in [2.45, 2.75) is 57.4 Å². The third-order valence-corrected chi connectivity index (χ3v) is 8.99. The van der Waals surface area contributed by atoms with Crippen LogP contribution < -0.4 is 4.90 Å². The van der Waals surface area contributed by atoms with E-state index in [1.54, 1.807) is 0 Å². The first-order chi connectivity index (χ1) is 19.7. The lowest BCUT2D eigenvalue weighted by Gasteiger charge is -2.38. The van der Waals surface area contributed by atoms with Crippen molar-refractivity contribution in [3.8, 4) is 0 Å². The molecule has 0 aromatic heterocycles. The Hall–Kier alpha value is -3.37. The van der Waals surface area contributed by atoms with E-state index in [-0.39, 0.29) is 5.91 Å². The van der Waals surface area contributed by atoms with Crippen molar-refractivity contribution in [2.75, 3.05) is 44.2 Å². The second-order valence-electron chi connectivity index (χ2n) is 11.5. The van der Waals surface area contributed by atoms with Crippen molar-refractivity contribution in [3.63, 3.8) is 0 Å². The van der Waals surface area contributed by atoms with E-state index in [9.17, 15) is 4.79 Å². The summed E-state index contributed by atoms with van der Waals surface area (Å²) in [5.41, 5.74) is 5.95. The van der Waals surface area contributed by atoms with Crippen LogP contribution in [0, 0.1) is 6.92 Å². The fourth-order valence-electron chi connectivity index (χ4n) is 6.70. The molecule has 210 valence electrons. The van der Waals surface area contributed by atoms with Gasteiger partial charge in [-0.3, -0.25) is 9.69 Å². The van der Waals surface area contributed by atoms with Gasteiger partial charge in [-0.05, 0) is 61.6 Å². The minimum Gasteiger partial charge on any atom is -0.369 e. The third-order valence-electron chi connectivity index (χ3n) is 8.99. The van der Waals surface area contributed by atoms with Crippen molar-refractivity contribution in [3.05, 3.63) is 114 Å². The van der Waals surface area contributed by atoms with Gasteiger partial charge in [-0.25, -0.2) is 0 Å². The molecule has 1 saturated carbocycles. The number of amides is 1. The van der Waals surface area contributed by atoms with E-state index in [1.807, 2.05) is 12.1 Å². The average Bonchev–Trinajstić information content (AvgIpc) is 3.02. The van der Waals surface area contributed by atoms with Gasteiger partial charge in [0.05, 0.1) is 0 Å². The number of rotatable bonds is 10. The maximum Gasteiger partial charge on any atom is 0.254 e. The molecule has 3 aromatic carbocycles. The molecule has 1 heterocycles. The molecule has 0 unspecified atom stereocenters. The van der Waals surface area contributed by atoms with Crippen LogP contribution in [0.3, 0.4) is 0 Å². The Balaban J connectivity index is 1.22. The van der Waals surface area contributed by atoms with Crippen LogP contribution in [0.2, 0.25) is 0 Å². The standard InChI is InChI=1S/C36H45N3O/c1-3-23-39(32-18-11-6-12-19-32)36(40)33-20-13-21-35(29(33)2)38-27-25-37(26-28-38)24-22-34(30-14-7-4-8-15-30)31-16-9-5-10-17-31/h3-5,7-10,13-17,20-21,32,34H,1,6,11-12,18-19,22-28H2,2H3. The molecule has 4 heteroatoms. The van der Waals surface area contributed by atoms with Crippen LogP contribution in [0.1, 0.15) is 71.5 Å². The monoisotopic (exact) mass is 535 g/mol. The highest BCUT2D eigenvalue weighted by molar-refractivity contribution is 5.97. The van der Waals surface area contributed by atoms with E-state index in [4.69, 9.17) is 0 Å². The zero-order valence-corrected chi connectivity index (χ0v) is 24.2. The van der Waals surface area contributed by atoms with Gasteiger partial charge in [0.25, 0.3) is 5.91 Å². The summed E-state index contributed by atoms with van der Waals surface area (Å²) in [6.07, 6.45) is 8.92. The van der Waals surface area contributed by atoms with Crippen molar-refractivity contribution in [1.29, 1.82) is 0 Å². The predicted octanol–water partition coefficient (Wildman–Crippen LogP) is 7.30. The summed E-state index contributed by atoms with van der Waals surface area (Å²) in [6, 6.07) is 28.5. The topological polar surface area (TPSA) is 26.8 Å². The van der Waals surface area contributed by atoms with Gasteiger partial charge in [-0.15, -0.1) is 6.58 Å². The van der Waals surface area contributed by atoms with Gasteiger partial charge < -0.3 is 9.80 Å². The summed E-state index contributed by atoms with van der Waals surface area (Å²) >= 11 is 0. The SMILES string of the molecule is C=CCN(C(=O)c1cccc(N2CCN(CCC(c3ccccc3)c3ccccc3)CC2)c1C)C1CCCCC1. The molecule has 0 atom stereocenters. The Labute approximate surface area is 241 Å². The highest BCUT2D eigenvalue weighted by Gasteiger charge is 2.28. The molecule has 1 amide bonds. The number of anilines is 1. The third kappa shape index (κ3) is 6.67. The highest BCUT2D eigenvalue weighted by Crippen LogP contribution is 2.30. The lowest BCUT2D eigenvalue weighted by molar-refractivity contribution is 0.0662. The number of piperazine rings is 1. The molecule has 3 aromatic rings. The number of nitrogens with zero attached hydrogens (tertiary/aromatic N) is 3. The number of carbonyl (C=O) groups is 1. The summed E-state index contributed by atoms with van der Waals surface area (Å²) in [6.45, 7) is 11.8. The van der Waals surface area contributed by atoms with Crippen LogP contribution in [-0.2, 0) is 0 Å². The molecule has 2 fully saturated rings. The number of carbonyl (C=O) groups excluding carboxylic acids is 1. The normalized spacial score (nSPS) is 16.7. The van der Waals surface area contributed by atoms with Crippen LogP contribution in [0.4, 0.5) is 5.69 Å². The first kappa shape index (κ1) is 28.2. The largest absolute Gasteiger partial charge is 0.369 e. The molecule has 5 rings (SSSR count). The van der Waals surface area contributed by atoms with Crippen LogP contribution in [0.25, 0.3) is 0 Å². The second-order valence-corrected chi connectivity index (χ2v) is 11.5. The van der Waals surface area contributed by atoms with Crippen molar-refractivity contribution >= 4 is 11.6 Å². The lowest BCUT2D eigenvalue weighted by atomic mass is 9.88. The fourth-order valence-corrected chi connectivity index (χ4v) is 6.70. The predicted molar refractivity (Wildman–Crippen MR) is 167 cm³/mol. The number of hydrogen-bond acceptors (Lipinski definition) is 3. The van der Waals surface area contributed by atoms with Crippen LogP contribution in [0.15, 0.2) is 91.5 Å². The molecule has 0 N–H and O–H groups in total. The zero-order valence-electron chi connectivity index (χ0n) is 24.2. The fraction of sp³-hybridized carbons (Fsp3) is 0.417. The molecule has 1 saturated heterocycles. The van der Waals surface area contributed by atoms with E-state index in [0.29, 0.717) is 18.5 Å². The molecule has 2 aliphatic rings. The minimum atomic E-state index is 0.164. The summed E-state index contributed by atoms with van der Waals surface area (Å²) in [7, 11) is 0. The summed E-state index contributed by atoms with van der Waals surface area (Å²) in [5, 5.41) is 0. The van der Waals surface area contributed by atoms with Crippen LogP contribution >= 0.6 is 0 Å². The Morgan fingerprint density at radius 2 is 1.50 bits per heavy atom. The number of benzene rings is 3. The Morgan fingerprint density at radius 1 is 0.875 bits per heavy atom. The molecule has 4 nitrogen and oxygen atoms in total. The van der Waals surface area contributed by atoms with Gasteiger partial charge in [0.1, 0.15) is 0 Å². The lowest BCUT2D eigenvalue weighted by Crippen LogP contribution is -2.47. The molecule has 0 bridgehead atoms. The summed E-state index contributed by atoms with van der Waals surface area (Å²) in [4.78, 5) is 20.9. The number of hydrogen-bond donors (Lipinski definition) is 0. The van der Waals surface area contributed by atoms with E-state index >= 15 is 0 Å². The Kier molecular flexibility index (Phi) is 9.72. The van der Waals surface area contributed by atoms with Gasteiger partial charge >= 0.3 is 0 Å². The Bertz CT molecular complexity index is 1190. The molecular weight excluding hydrogens is 490 g/mol. The van der Waals surface area contributed by atoms with Gasteiger partial charge in [0.15, 0.2) is 0 Å². The first-order valence-electron chi connectivity index (χ1n) is 15.2. The molecule has 1 aliphatic carbocycles. The average molecular weight is 536 g/mol. The van der Waals surface area contributed by atoms with Gasteiger partial charge in [-0.1, -0.05) is 92.1 Å². The van der Waals surface area contributed by atoms with E-state index in [0.717, 1.165) is 63.1 Å². The van der Waals surface area contributed by atoms with Crippen LogP contribution in [-0.4, -0.2) is 61.0 Å². The van der Waals surface area contributed by atoms with E-state index < -0.39 is 0 Å². The smallest absolute Gasteiger partial charge is 0.254 e. The van der Waals surface area contributed by atoms with Crippen LogP contribution in [0.5, 0.6) is 0 Å². The minimum absolute atomic E-state index is 0.164. The van der Waals surface area contributed by atoms with Gasteiger partial charge in [0.2, 0.25) is 0 Å². The molecule has 0 spiro atoms. The molecular formula is C36H45N3O. The van der Waals surface area contributed by atoms with Gasteiger partial charge in [-0.2, -0.15) is 0 Å². The first-order valence-corrected chi connectivity index (χ1v) is 15.2. The maximum absolute atomic E-state index is 13.8. The second kappa shape index (κ2) is 13.8. The molecule has 40 heavy (non-hydrogen) atoms. The quantitative estimate of drug-likeness (QED) is 0.255. The maximum atomic E-state index is 13.8. The summed E-state index contributed by atoms with van der Waals surface area (Å²) < 4.78 is 0. The van der Waals surface area contributed by atoms with Crippen molar-refractivity contribution in [2.24, 2.45) is 0 Å².